The van der Waals surface area contributed by atoms with Crippen LogP contribution in [0.5, 0.6) is 0 Å². The van der Waals surface area contributed by atoms with Gasteiger partial charge in [0.2, 0.25) is 5.91 Å². The molecular formula is C14H25FN2O3. The van der Waals surface area contributed by atoms with Crippen LogP contribution in [0.4, 0.5) is 9.18 Å². The topological polar surface area (TPSA) is 69.6 Å². The number of likely N-dealkylation sites (tertiary alicyclic amines) is 1. The minimum atomic E-state index is -1.10. The van der Waals surface area contributed by atoms with Gasteiger partial charge in [-0.25, -0.2) is 9.18 Å². The van der Waals surface area contributed by atoms with E-state index in [-0.39, 0.29) is 19.0 Å². The molecule has 1 aliphatic rings. The molecule has 2 amide bonds. The molecule has 0 aromatic carbocycles. The van der Waals surface area contributed by atoms with E-state index in [9.17, 15) is 14.0 Å². The molecule has 5 nitrogen and oxygen atoms in total. The summed E-state index contributed by atoms with van der Waals surface area (Å²) in [6.07, 6.45) is -0.390. The molecule has 1 fully saturated rings. The average molecular weight is 288 g/mol. The highest BCUT2D eigenvalue weighted by Crippen LogP contribution is 2.38. The van der Waals surface area contributed by atoms with Crippen LogP contribution < -0.4 is 5.32 Å². The van der Waals surface area contributed by atoms with Crippen molar-refractivity contribution in [2.24, 2.45) is 5.41 Å². The first-order chi connectivity index (χ1) is 9.15. The van der Waals surface area contributed by atoms with Crippen molar-refractivity contribution in [1.82, 2.24) is 10.2 Å². The van der Waals surface area contributed by atoms with Gasteiger partial charge in [-0.1, -0.05) is 13.8 Å². The molecule has 1 saturated heterocycles. The Morgan fingerprint density at radius 3 is 2.15 bits per heavy atom. The summed E-state index contributed by atoms with van der Waals surface area (Å²) in [7, 11) is 0. The van der Waals surface area contributed by atoms with Crippen molar-refractivity contribution in [3.63, 3.8) is 0 Å². The average Bonchev–Trinajstić information content (AvgIpc) is 2.29. The fourth-order valence-corrected chi connectivity index (χ4v) is 2.98. The van der Waals surface area contributed by atoms with Crippen LogP contribution in [0.25, 0.3) is 0 Å². The van der Waals surface area contributed by atoms with Crippen molar-refractivity contribution in [2.45, 2.75) is 58.7 Å². The Labute approximate surface area is 119 Å². The highest BCUT2D eigenvalue weighted by atomic mass is 19.1. The summed E-state index contributed by atoms with van der Waals surface area (Å²) in [4.78, 5) is 25.0. The third-order valence-electron chi connectivity index (χ3n) is 4.16. The second-order valence-corrected chi connectivity index (χ2v) is 6.29. The van der Waals surface area contributed by atoms with E-state index in [0.717, 1.165) is 0 Å². The molecule has 0 aromatic heterocycles. The zero-order valence-electron chi connectivity index (χ0n) is 12.7. The van der Waals surface area contributed by atoms with Crippen LogP contribution in [0.15, 0.2) is 0 Å². The Balaban J connectivity index is 2.85. The molecule has 6 heteroatoms. The molecule has 1 rings (SSSR count). The van der Waals surface area contributed by atoms with E-state index >= 15 is 0 Å². The SMILES string of the molecule is CCC(CC)(CC(C)(C)NC(=O)O)C(=O)N1CC(F)C1. The number of hydrogen-bond donors (Lipinski definition) is 2. The fraction of sp³-hybridized carbons (Fsp3) is 0.857. The van der Waals surface area contributed by atoms with Gasteiger partial charge in [-0.05, 0) is 33.1 Å². The maximum absolute atomic E-state index is 12.9. The van der Waals surface area contributed by atoms with E-state index in [0.29, 0.717) is 19.3 Å². The highest BCUT2D eigenvalue weighted by Gasteiger charge is 2.45. The lowest BCUT2D eigenvalue weighted by Crippen LogP contribution is -2.58. The smallest absolute Gasteiger partial charge is 0.405 e. The molecule has 2 N–H and O–H groups in total. The van der Waals surface area contributed by atoms with E-state index < -0.39 is 23.2 Å². The minimum Gasteiger partial charge on any atom is -0.465 e. The van der Waals surface area contributed by atoms with Gasteiger partial charge < -0.3 is 15.3 Å². The second-order valence-electron chi connectivity index (χ2n) is 6.29. The number of nitrogens with one attached hydrogen (secondary N) is 1. The Hall–Kier alpha value is -1.33. The van der Waals surface area contributed by atoms with Crippen molar-refractivity contribution < 1.29 is 19.1 Å². The lowest BCUT2D eigenvalue weighted by molar-refractivity contribution is -0.151. The van der Waals surface area contributed by atoms with Gasteiger partial charge in [-0.2, -0.15) is 0 Å². The predicted octanol–water partition coefficient (Wildman–Crippen LogP) is 2.41. The van der Waals surface area contributed by atoms with Gasteiger partial charge in [-0.3, -0.25) is 4.79 Å². The standard InChI is InChI=1S/C14H25FN2O3/c1-5-14(6-2,9-13(3,4)16-12(19)20)11(18)17-7-10(15)8-17/h10,16H,5-9H2,1-4H3,(H,19,20). The zero-order valence-corrected chi connectivity index (χ0v) is 12.7. The molecule has 0 saturated carbocycles. The molecule has 1 heterocycles. The molecule has 0 unspecified atom stereocenters. The van der Waals surface area contributed by atoms with Crippen LogP contribution in [-0.2, 0) is 4.79 Å². The number of amides is 2. The highest BCUT2D eigenvalue weighted by molar-refractivity contribution is 5.83. The molecule has 0 radical (unpaired) electrons. The van der Waals surface area contributed by atoms with Crippen molar-refractivity contribution in [3.05, 3.63) is 0 Å². The first-order valence-electron chi connectivity index (χ1n) is 7.10. The van der Waals surface area contributed by atoms with Gasteiger partial charge in [0, 0.05) is 5.54 Å². The summed E-state index contributed by atoms with van der Waals surface area (Å²) in [5.74, 6) is -0.0586. The maximum atomic E-state index is 12.9. The van der Waals surface area contributed by atoms with Crippen LogP contribution >= 0.6 is 0 Å². The molecule has 0 spiro atoms. The number of alkyl halides is 1. The first kappa shape index (κ1) is 16.7. The number of rotatable bonds is 6. The molecule has 0 bridgehead atoms. The lowest BCUT2D eigenvalue weighted by atomic mass is 9.71. The first-order valence-corrected chi connectivity index (χ1v) is 7.10. The van der Waals surface area contributed by atoms with Crippen molar-refractivity contribution in [2.75, 3.05) is 13.1 Å². The van der Waals surface area contributed by atoms with Gasteiger partial charge >= 0.3 is 6.09 Å². The van der Waals surface area contributed by atoms with Crippen LogP contribution in [0.2, 0.25) is 0 Å². The number of carbonyl (C=O) groups is 2. The summed E-state index contributed by atoms with van der Waals surface area (Å²) in [6.45, 7) is 7.70. The summed E-state index contributed by atoms with van der Waals surface area (Å²) in [5.41, 5.74) is -1.33. The zero-order chi connectivity index (χ0) is 15.6. The summed E-state index contributed by atoms with van der Waals surface area (Å²) >= 11 is 0. The third kappa shape index (κ3) is 3.61. The Morgan fingerprint density at radius 1 is 1.30 bits per heavy atom. The van der Waals surface area contributed by atoms with Gasteiger partial charge in [0.05, 0.1) is 18.5 Å². The summed E-state index contributed by atoms with van der Waals surface area (Å²) in [6, 6.07) is 0. The number of hydrogen-bond acceptors (Lipinski definition) is 2. The summed E-state index contributed by atoms with van der Waals surface area (Å²) < 4.78 is 12.9. The largest absolute Gasteiger partial charge is 0.465 e. The lowest BCUT2D eigenvalue weighted by Gasteiger charge is -2.44. The number of halogens is 1. The molecule has 0 aliphatic carbocycles. The van der Waals surface area contributed by atoms with Gasteiger partial charge in [-0.15, -0.1) is 0 Å². The molecule has 20 heavy (non-hydrogen) atoms. The van der Waals surface area contributed by atoms with Crippen LogP contribution in [0.3, 0.4) is 0 Å². The summed E-state index contributed by atoms with van der Waals surface area (Å²) in [5, 5.41) is 11.3. The number of carboxylic acid groups (broad SMARTS) is 1. The van der Waals surface area contributed by atoms with Crippen molar-refractivity contribution in [1.29, 1.82) is 0 Å². The Morgan fingerprint density at radius 2 is 1.80 bits per heavy atom. The van der Waals surface area contributed by atoms with Crippen LogP contribution in [0, 0.1) is 5.41 Å². The predicted molar refractivity (Wildman–Crippen MR) is 74.3 cm³/mol. The Bertz CT molecular complexity index is 375. The van der Waals surface area contributed by atoms with E-state index in [1.54, 1.807) is 13.8 Å². The van der Waals surface area contributed by atoms with Gasteiger partial charge in [0.15, 0.2) is 0 Å². The van der Waals surface area contributed by atoms with Gasteiger partial charge in [0.1, 0.15) is 6.17 Å². The minimum absolute atomic E-state index is 0.0586. The van der Waals surface area contributed by atoms with E-state index in [1.165, 1.54) is 4.90 Å². The monoisotopic (exact) mass is 288 g/mol. The van der Waals surface area contributed by atoms with E-state index in [2.05, 4.69) is 5.32 Å². The molecular weight excluding hydrogens is 263 g/mol. The van der Waals surface area contributed by atoms with Crippen molar-refractivity contribution in [3.8, 4) is 0 Å². The fourth-order valence-electron chi connectivity index (χ4n) is 2.98. The van der Waals surface area contributed by atoms with E-state index in [1.807, 2.05) is 13.8 Å². The molecule has 1 aliphatic heterocycles. The van der Waals surface area contributed by atoms with Gasteiger partial charge in [0.25, 0.3) is 0 Å². The molecule has 0 aromatic rings. The maximum Gasteiger partial charge on any atom is 0.405 e. The molecule has 0 atom stereocenters. The van der Waals surface area contributed by atoms with Crippen molar-refractivity contribution >= 4 is 12.0 Å². The van der Waals surface area contributed by atoms with Crippen LogP contribution in [-0.4, -0.2) is 46.8 Å². The number of carbonyl (C=O) groups excluding carboxylic acids is 1. The number of nitrogens with zero attached hydrogens (tertiary/aromatic N) is 1. The third-order valence-corrected chi connectivity index (χ3v) is 4.16. The molecule has 116 valence electrons. The Kier molecular flexibility index (Phi) is 5.00. The second kappa shape index (κ2) is 5.97. The normalized spacial score (nSPS) is 16.8. The van der Waals surface area contributed by atoms with E-state index in [4.69, 9.17) is 5.11 Å². The quantitative estimate of drug-likeness (QED) is 0.788. The van der Waals surface area contributed by atoms with Crippen LogP contribution in [0.1, 0.15) is 47.0 Å².